The van der Waals surface area contributed by atoms with E-state index in [9.17, 15) is 59.1 Å². The highest BCUT2D eigenvalue weighted by atomic mass is 16.7. The van der Waals surface area contributed by atoms with Crippen molar-refractivity contribution in [1.82, 2.24) is 21.3 Å². The zero-order chi connectivity index (χ0) is 57.8. The Morgan fingerprint density at radius 1 is 0.494 bits per heavy atom. The van der Waals surface area contributed by atoms with Crippen LogP contribution >= 0.6 is 0 Å². The summed E-state index contributed by atoms with van der Waals surface area (Å²) < 4.78 is 26.7. The molecule has 1 heterocycles. The van der Waals surface area contributed by atoms with Crippen LogP contribution in [-0.2, 0) is 47.7 Å². The van der Waals surface area contributed by atoms with Gasteiger partial charge in [-0.2, -0.15) is 0 Å². The van der Waals surface area contributed by atoms with E-state index in [0.717, 1.165) is 6.42 Å². The van der Waals surface area contributed by atoms with E-state index in [2.05, 4.69) is 26.3 Å². The second-order valence-electron chi connectivity index (χ2n) is 19.3. The Balaban J connectivity index is 1.72. The number of ether oxygens (including phenoxy) is 5. The highest BCUT2D eigenvalue weighted by Crippen LogP contribution is 2.34. The van der Waals surface area contributed by atoms with Crippen molar-refractivity contribution >= 4 is 47.7 Å². The van der Waals surface area contributed by atoms with Crippen LogP contribution in [0.3, 0.4) is 0 Å². The number of primary amides is 2. The van der Waals surface area contributed by atoms with Gasteiger partial charge in [0.1, 0.15) is 42.7 Å². The van der Waals surface area contributed by atoms with Gasteiger partial charge >= 0.3 is 18.2 Å². The van der Waals surface area contributed by atoms with Crippen LogP contribution in [0.1, 0.15) is 96.3 Å². The van der Waals surface area contributed by atoms with Crippen molar-refractivity contribution in [2.75, 3.05) is 39.3 Å². The van der Waals surface area contributed by atoms with E-state index in [1.807, 2.05) is 0 Å². The summed E-state index contributed by atoms with van der Waals surface area (Å²) >= 11 is 0. The van der Waals surface area contributed by atoms with Gasteiger partial charge in [0, 0.05) is 82.1 Å². The Labute approximate surface area is 446 Å². The highest BCUT2D eigenvalue weighted by molar-refractivity contribution is 5.78. The van der Waals surface area contributed by atoms with Gasteiger partial charge in [0.2, 0.25) is 23.6 Å². The molecule has 32 nitrogen and oxygen atoms in total. The third kappa shape index (κ3) is 26.2. The van der Waals surface area contributed by atoms with Crippen molar-refractivity contribution in [3.63, 3.8) is 0 Å². The lowest BCUT2D eigenvalue weighted by Gasteiger charge is -2.48. The quantitative estimate of drug-likeness (QED) is 0.00911. The van der Waals surface area contributed by atoms with Crippen molar-refractivity contribution in [1.29, 1.82) is 0 Å². The molecule has 32 heteroatoms. The fourth-order valence-electron chi connectivity index (χ4n) is 8.56. The van der Waals surface area contributed by atoms with Crippen LogP contribution in [0.15, 0.2) is 4.99 Å². The number of rotatable bonds is 36. The average Bonchev–Trinajstić information content (AvgIpc) is 3.34. The molecule has 0 aromatic rings. The summed E-state index contributed by atoms with van der Waals surface area (Å²) in [6.07, 6.45) is -17.5. The van der Waals surface area contributed by atoms with Gasteiger partial charge in [-0.15, -0.1) is 0 Å². The van der Waals surface area contributed by atoms with Gasteiger partial charge in [-0.3, -0.25) is 24.0 Å². The molecule has 444 valence electrons. The van der Waals surface area contributed by atoms with Crippen molar-refractivity contribution in [2.45, 2.75) is 194 Å². The minimum atomic E-state index is -2.18. The first-order chi connectivity index (χ1) is 36.4. The second-order valence-corrected chi connectivity index (χ2v) is 19.3. The first-order valence-electron chi connectivity index (χ1n) is 25.8. The molecule has 2 rings (SSSR count). The fraction of sp³-hybridized carbons (Fsp3) is 0.822. The lowest BCUT2D eigenvalue weighted by atomic mass is 9.84. The Hall–Kier alpha value is -5.36. The third-order valence-electron chi connectivity index (χ3n) is 12.5. The number of carbonyl (C=O) groups excluding carboxylic acids is 7. The number of aliphatic hydroxyl groups excluding tert-OH is 5. The van der Waals surface area contributed by atoms with E-state index in [1.165, 1.54) is 0 Å². The molecule has 29 N–H and O–H groups in total. The molecule has 1 saturated heterocycles. The van der Waals surface area contributed by atoms with E-state index in [0.29, 0.717) is 71.1 Å². The van der Waals surface area contributed by atoms with Gasteiger partial charge in [0.05, 0.1) is 13.0 Å². The number of esters is 1. The summed E-state index contributed by atoms with van der Waals surface area (Å²) in [5.74, 6) is -2.62. The summed E-state index contributed by atoms with van der Waals surface area (Å²) in [5, 5.41) is 64.6. The molecule has 0 radical (unpaired) electrons. The Bertz CT molecular complexity index is 1860. The van der Waals surface area contributed by atoms with Crippen molar-refractivity contribution < 1.29 is 82.8 Å². The van der Waals surface area contributed by atoms with Crippen LogP contribution in [0.4, 0.5) is 9.59 Å². The number of aliphatic imine (C=N–C) groups is 1. The number of hydrogen-bond acceptors (Lipinski definition) is 24. The van der Waals surface area contributed by atoms with Crippen LogP contribution in [0.2, 0.25) is 0 Å². The first-order valence-corrected chi connectivity index (χ1v) is 25.8. The van der Waals surface area contributed by atoms with Crippen LogP contribution < -0.4 is 78.6 Å². The van der Waals surface area contributed by atoms with Gasteiger partial charge in [0.25, 0.3) is 0 Å². The topological polar surface area (TPSA) is 587 Å². The van der Waals surface area contributed by atoms with Gasteiger partial charge in [0.15, 0.2) is 30.6 Å². The van der Waals surface area contributed by atoms with Crippen LogP contribution in [0, 0.1) is 0 Å². The maximum absolute atomic E-state index is 13.3. The van der Waals surface area contributed by atoms with Crippen molar-refractivity contribution in [3.05, 3.63) is 0 Å². The molecule has 1 saturated carbocycles. The molecule has 6 amide bonds. The second kappa shape index (κ2) is 35.9. The fourth-order valence-corrected chi connectivity index (χ4v) is 8.56. The molecule has 0 aromatic carbocycles. The number of carbonyl (C=O) groups is 7. The lowest BCUT2D eigenvalue weighted by molar-refractivity contribution is -0.324. The zero-order valence-electron chi connectivity index (χ0n) is 43.4. The van der Waals surface area contributed by atoms with E-state index < -0.39 is 123 Å². The zero-order valence-corrected chi connectivity index (χ0v) is 43.4. The monoisotopic (exact) mass is 1110 g/mol. The summed E-state index contributed by atoms with van der Waals surface area (Å²) in [7, 11) is 0. The number of aliphatic hydroxyl groups is 5. The number of nitrogens with two attached hydrogens (primary N) is 10. The van der Waals surface area contributed by atoms with Crippen molar-refractivity contribution in [2.24, 2.45) is 62.3 Å². The van der Waals surface area contributed by atoms with Gasteiger partial charge in [-0.1, -0.05) is 0 Å². The SMILES string of the molecule is NCCCC(N)CC(=O)NCCCC(N)CC(=O)NCCCC(N)CC(=O)NCCCC(N)CC(=O)NCCCC(N)CC(=O)OC1C(OC(N)=O)C(O)C(O)C(OC2OC(CO)C(O)C(N=C(N)N)C2O)C1OC(N)=O. The van der Waals surface area contributed by atoms with Crippen molar-refractivity contribution in [3.8, 4) is 0 Å². The Morgan fingerprint density at radius 2 is 0.857 bits per heavy atom. The molecule has 16 unspecified atom stereocenters. The minimum absolute atomic E-state index is 0.0197. The molecule has 2 aliphatic rings. The number of hydrogen-bond donors (Lipinski definition) is 19. The summed E-state index contributed by atoms with van der Waals surface area (Å²) in [6, 6.07) is -4.02. The first kappa shape index (κ1) is 67.7. The van der Waals surface area contributed by atoms with E-state index in [-0.39, 0.29) is 80.8 Å². The number of nitrogens with zero attached hydrogens (tertiary/aromatic N) is 1. The van der Waals surface area contributed by atoms with E-state index >= 15 is 0 Å². The number of nitrogens with one attached hydrogen (secondary N) is 4. The molecule has 0 aromatic heterocycles. The normalized spacial score (nSPS) is 26.1. The molecule has 1 aliphatic heterocycles. The van der Waals surface area contributed by atoms with Gasteiger partial charge in [-0.05, 0) is 70.8 Å². The van der Waals surface area contributed by atoms with Crippen LogP contribution in [0.25, 0.3) is 0 Å². The van der Waals surface area contributed by atoms with E-state index in [1.54, 1.807) is 0 Å². The molecule has 0 spiro atoms. The maximum Gasteiger partial charge on any atom is 0.405 e. The van der Waals surface area contributed by atoms with E-state index in [4.69, 9.17) is 81.0 Å². The van der Waals surface area contributed by atoms with Gasteiger partial charge in [-0.25, -0.2) is 14.6 Å². The summed E-state index contributed by atoms with van der Waals surface area (Å²) in [5.41, 5.74) is 57.2. The summed E-state index contributed by atoms with van der Waals surface area (Å²) in [4.78, 5) is 90.3. The molecular formula is C45H87N15O17. The molecule has 1 aliphatic carbocycles. The Morgan fingerprint density at radius 3 is 1.23 bits per heavy atom. The smallest absolute Gasteiger partial charge is 0.405 e. The predicted octanol–water partition coefficient (Wildman–Crippen LogP) is -8.06. The van der Waals surface area contributed by atoms with Crippen LogP contribution in [-0.4, -0.2) is 210 Å². The minimum Gasteiger partial charge on any atom is -0.454 e. The molecule has 16 atom stereocenters. The van der Waals surface area contributed by atoms with Crippen LogP contribution in [0.5, 0.6) is 0 Å². The molecule has 77 heavy (non-hydrogen) atoms. The summed E-state index contributed by atoms with van der Waals surface area (Å²) in [6.45, 7) is 0.931. The predicted molar refractivity (Wildman–Crippen MR) is 273 cm³/mol. The molecule has 2 fully saturated rings. The molecular weight excluding hydrogens is 1020 g/mol. The molecule has 0 bridgehead atoms. The lowest BCUT2D eigenvalue weighted by Crippen LogP contribution is -2.69. The highest BCUT2D eigenvalue weighted by Gasteiger charge is 2.58. The third-order valence-corrected chi connectivity index (χ3v) is 12.5. The Kier molecular flexibility index (Phi) is 31.6. The number of amides is 6. The standard InChI is InChI=1S/C45H87N15O17/c46-11-1-6-22(47)16-28(62)56-12-2-7-23(48)17-29(63)57-13-3-8-24(49)18-30(64)58-14-4-9-25(50)19-31(65)59-15-5-10-26(51)20-32(66)74-40-39(76-44(54)71)37(70)36(69)38(41(40)77-45(55)72)75-42-35(68)33(60-43(52)53)34(67)27(21-61)73-42/h22-27,33-42,61,67-70H,1-21,46-51H2,(H2,54,71)(H2,55,72)(H,56,62)(H,57,63)(H,58,64)(H,59,65)(H4,52,53,60). The van der Waals surface area contributed by atoms with Gasteiger partial charge < -0.3 is 128 Å². The largest absolute Gasteiger partial charge is 0.454 e. The number of guanidine groups is 1. The maximum atomic E-state index is 13.3. The average molecular weight is 1110 g/mol.